The van der Waals surface area contributed by atoms with Gasteiger partial charge in [-0.1, -0.05) is 0 Å². The van der Waals surface area contributed by atoms with E-state index in [2.05, 4.69) is 21.7 Å². The summed E-state index contributed by atoms with van der Waals surface area (Å²) in [5.74, 6) is 0. The van der Waals surface area contributed by atoms with E-state index in [9.17, 15) is 0 Å². The number of ether oxygens (including phenoxy) is 2. The molecule has 0 bridgehead atoms. The van der Waals surface area contributed by atoms with Gasteiger partial charge in [-0.2, -0.15) is 11.3 Å². The average Bonchev–Trinajstić information content (AvgIpc) is 3.00. The molecule has 2 aliphatic heterocycles. The third kappa shape index (κ3) is 2.62. The number of hydrogen-bond donors (Lipinski definition) is 0. The SMILES string of the molecule is COC[C@H]1CC[C@H]2[C@H](CCN2Cc2ccsc2)O1. The Balaban J connectivity index is 1.58. The maximum Gasteiger partial charge on any atom is 0.0813 e. The molecule has 1 aromatic rings. The van der Waals surface area contributed by atoms with Crippen LogP contribution in [0.4, 0.5) is 0 Å². The van der Waals surface area contributed by atoms with Crippen molar-refractivity contribution in [1.29, 1.82) is 0 Å². The van der Waals surface area contributed by atoms with Gasteiger partial charge in [0, 0.05) is 26.2 Å². The van der Waals surface area contributed by atoms with Gasteiger partial charge in [-0.25, -0.2) is 0 Å². The van der Waals surface area contributed by atoms with Gasteiger partial charge in [-0.15, -0.1) is 0 Å². The zero-order valence-corrected chi connectivity index (χ0v) is 11.7. The van der Waals surface area contributed by atoms with E-state index in [4.69, 9.17) is 9.47 Å². The molecule has 0 aromatic carbocycles. The standard InChI is InChI=1S/C14H21NO2S/c1-16-9-12-2-3-13-14(17-12)4-6-15(13)8-11-5-7-18-10-11/h5,7,10,12-14H,2-4,6,8-9H2,1H3/t12-,13+,14+/m1/s1. The Morgan fingerprint density at radius 1 is 1.44 bits per heavy atom. The minimum Gasteiger partial charge on any atom is -0.382 e. The lowest BCUT2D eigenvalue weighted by Gasteiger charge is -2.35. The molecule has 2 saturated heterocycles. The van der Waals surface area contributed by atoms with Crippen molar-refractivity contribution in [3.63, 3.8) is 0 Å². The molecule has 3 nitrogen and oxygen atoms in total. The van der Waals surface area contributed by atoms with Crippen LogP contribution in [0.25, 0.3) is 0 Å². The van der Waals surface area contributed by atoms with E-state index in [0.717, 1.165) is 19.6 Å². The van der Waals surface area contributed by atoms with E-state index < -0.39 is 0 Å². The second-order valence-electron chi connectivity index (χ2n) is 5.29. The van der Waals surface area contributed by atoms with Crippen molar-refractivity contribution in [2.45, 2.75) is 44.1 Å². The maximum absolute atomic E-state index is 6.14. The van der Waals surface area contributed by atoms with Crippen LogP contribution in [-0.2, 0) is 16.0 Å². The van der Waals surface area contributed by atoms with Crippen molar-refractivity contribution >= 4 is 11.3 Å². The highest BCUT2D eigenvalue weighted by Crippen LogP contribution is 2.32. The van der Waals surface area contributed by atoms with Crippen LogP contribution in [0, 0.1) is 0 Å². The molecule has 0 unspecified atom stereocenters. The Morgan fingerprint density at radius 3 is 3.17 bits per heavy atom. The molecule has 3 rings (SSSR count). The molecule has 0 radical (unpaired) electrons. The number of nitrogens with zero attached hydrogens (tertiary/aromatic N) is 1. The van der Waals surface area contributed by atoms with Crippen molar-refractivity contribution < 1.29 is 9.47 Å². The molecule has 100 valence electrons. The van der Waals surface area contributed by atoms with Gasteiger partial charge >= 0.3 is 0 Å². The van der Waals surface area contributed by atoms with E-state index in [1.54, 1.807) is 18.4 Å². The zero-order valence-electron chi connectivity index (χ0n) is 10.9. The molecular weight excluding hydrogens is 246 g/mol. The zero-order chi connectivity index (χ0) is 12.4. The Labute approximate surface area is 113 Å². The van der Waals surface area contributed by atoms with Crippen molar-refractivity contribution in [2.24, 2.45) is 0 Å². The fourth-order valence-corrected chi connectivity index (χ4v) is 3.87. The first-order valence-electron chi connectivity index (χ1n) is 6.76. The monoisotopic (exact) mass is 267 g/mol. The molecule has 18 heavy (non-hydrogen) atoms. The third-order valence-corrected chi connectivity index (χ3v) is 4.80. The lowest BCUT2D eigenvalue weighted by atomic mass is 9.99. The predicted molar refractivity (Wildman–Crippen MR) is 72.9 cm³/mol. The maximum atomic E-state index is 6.14. The molecule has 2 fully saturated rings. The molecule has 4 heteroatoms. The highest BCUT2D eigenvalue weighted by molar-refractivity contribution is 7.07. The Bertz CT molecular complexity index is 368. The van der Waals surface area contributed by atoms with Crippen LogP contribution in [0.5, 0.6) is 0 Å². The summed E-state index contributed by atoms with van der Waals surface area (Å²) in [6, 6.07) is 2.85. The van der Waals surface area contributed by atoms with Gasteiger partial charge in [0.25, 0.3) is 0 Å². The van der Waals surface area contributed by atoms with Crippen LogP contribution in [0.2, 0.25) is 0 Å². The molecule has 3 heterocycles. The van der Waals surface area contributed by atoms with E-state index in [1.165, 1.54) is 24.9 Å². The largest absolute Gasteiger partial charge is 0.382 e. The molecule has 0 aliphatic carbocycles. The summed E-state index contributed by atoms with van der Waals surface area (Å²) in [6.45, 7) is 3.00. The summed E-state index contributed by atoms with van der Waals surface area (Å²) < 4.78 is 11.3. The van der Waals surface area contributed by atoms with Crippen molar-refractivity contribution in [2.75, 3.05) is 20.3 Å². The lowest BCUT2D eigenvalue weighted by molar-refractivity contribution is -0.0938. The van der Waals surface area contributed by atoms with Gasteiger partial charge in [-0.3, -0.25) is 4.90 Å². The summed E-state index contributed by atoms with van der Waals surface area (Å²) >= 11 is 1.78. The Hall–Kier alpha value is -0.420. The normalized spacial score (nSPS) is 32.6. The van der Waals surface area contributed by atoms with Crippen LogP contribution < -0.4 is 0 Å². The summed E-state index contributed by atoms with van der Waals surface area (Å²) in [4.78, 5) is 2.59. The van der Waals surface area contributed by atoms with Gasteiger partial charge in [0.05, 0.1) is 18.8 Å². The number of likely N-dealkylation sites (tertiary alicyclic amines) is 1. The molecule has 0 amide bonds. The van der Waals surface area contributed by atoms with Crippen LogP contribution in [0.1, 0.15) is 24.8 Å². The Kier molecular flexibility index (Phi) is 3.99. The third-order valence-electron chi connectivity index (χ3n) is 4.07. The Morgan fingerprint density at radius 2 is 2.39 bits per heavy atom. The number of rotatable bonds is 4. The van der Waals surface area contributed by atoms with E-state index in [1.807, 2.05) is 0 Å². The van der Waals surface area contributed by atoms with Crippen LogP contribution in [0.15, 0.2) is 16.8 Å². The first-order chi connectivity index (χ1) is 8.86. The number of fused-ring (bicyclic) bond motifs is 1. The number of thiophene rings is 1. The molecular formula is C14H21NO2S. The molecule has 0 N–H and O–H groups in total. The van der Waals surface area contributed by atoms with Crippen molar-refractivity contribution in [1.82, 2.24) is 4.90 Å². The van der Waals surface area contributed by atoms with Gasteiger partial charge in [0.1, 0.15) is 0 Å². The fourth-order valence-electron chi connectivity index (χ4n) is 3.21. The van der Waals surface area contributed by atoms with Crippen LogP contribution in [-0.4, -0.2) is 43.4 Å². The fraction of sp³-hybridized carbons (Fsp3) is 0.714. The first-order valence-corrected chi connectivity index (χ1v) is 7.70. The van der Waals surface area contributed by atoms with Gasteiger partial charge < -0.3 is 9.47 Å². The highest BCUT2D eigenvalue weighted by Gasteiger charge is 2.39. The van der Waals surface area contributed by atoms with E-state index >= 15 is 0 Å². The molecule has 1 aromatic heterocycles. The predicted octanol–water partition coefficient (Wildman–Crippen LogP) is 2.52. The highest BCUT2D eigenvalue weighted by atomic mass is 32.1. The van der Waals surface area contributed by atoms with Crippen LogP contribution in [0.3, 0.4) is 0 Å². The summed E-state index contributed by atoms with van der Waals surface area (Å²) in [7, 11) is 1.76. The second-order valence-corrected chi connectivity index (χ2v) is 6.07. The number of hydrogen-bond acceptors (Lipinski definition) is 4. The van der Waals surface area contributed by atoms with Gasteiger partial charge in [0.2, 0.25) is 0 Å². The lowest BCUT2D eigenvalue weighted by Crippen LogP contribution is -2.43. The quantitative estimate of drug-likeness (QED) is 0.836. The summed E-state index contributed by atoms with van der Waals surface area (Å²) in [6.07, 6.45) is 4.31. The summed E-state index contributed by atoms with van der Waals surface area (Å²) in [5, 5.41) is 4.42. The molecule has 2 aliphatic rings. The smallest absolute Gasteiger partial charge is 0.0813 e. The topological polar surface area (TPSA) is 21.7 Å². The average molecular weight is 267 g/mol. The van der Waals surface area contributed by atoms with Crippen molar-refractivity contribution in [3.05, 3.63) is 22.4 Å². The molecule has 0 spiro atoms. The molecule has 3 atom stereocenters. The van der Waals surface area contributed by atoms with Crippen molar-refractivity contribution in [3.8, 4) is 0 Å². The molecule has 0 saturated carbocycles. The summed E-state index contributed by atoms with van der Waals surface area (Å²) in [5.41, 5.74) is 1.44. The van der Waals surface area contributed by atoms with Gasteiger partial charge in [-0.05, 0) is 41.7 Å². The first kappa shape index (κ1) is 12.6. The minimum absolute atomic E-state index is 0.317. The second kappa shape index (κ2) is 5.70. The van der Waals surface area contributed by atoms with E-state index in [-0.39, 0.29) is 0 Å². The number of methoxy groups -OCH3 is 1. The van der Waals surface area contributed by atoms with Crippen LogP contribution >= 0.6 is 11.3 Å². The van der Waals surface area contributed by atoms with Gasteiger partial charge in [0.15, 0.2) is 0 Å². The van der Waals surface area contributed by atoms with E-state index in [0.29, 0.717) is 18.2 Å². The minimum atomic E-state index is 0.317.